The monoisotopic (exact) mass is 358 g/mol. The van der Waals surface area contributed by atoms with Gasteiger partial charge in [-0.15, -0.1) is 0 Å². The number of methoxy groups -OCH3 is 1. The molecule has 10 nitrogen and oxygen atoms in total. The number of aromatic hydroxyl groups is 3. The number of hydrogen-bond donors (Lipinski definition) is 6. The number of aliphatic hydroxyl groups is 3. The third-order valence-electron chi connectivity index (χ3n) is 3.99. The van der Waals surface area contributed by atoms with Gasteiger partial charge in [-0.2, -0.15) is 0 Å². The molecule has 4 unspecified atom stereocenters. The third-order valence-corrected chi connectivity index (χ3v) is 3.99. The van der Waals surface area contributed by atoms with Crippen molar-refractivity contribution in [3.8, 4) is 17.2 Å². The predicted molar refractivity (Wildman–Crippen MR) is 78.9 cm³/mol. The van der Waals surface area contributed by atoms with Crippen molar-refractivity contribution in [2.75, 3.05) is 7.11 Å². The molecule has 0 heterocycles. The maximum absolute atomic E-state index is 12.1. The summed E-state index contributed by atoms with van der Waals surface area (Å²) in [6.45, 7) is 0. The number of benzene rings is 1. The molecular formula is C15H18O10. The quantitative estimate of drug-likeness (QED) is 0.283. The Morgan fingerprint density at radius 3 is 2.20 bits per heavy atom. The third kappa shape index (κ3) is 3.60. The topological polar surface area (TPSA) is 174 Å². The molecule has 0 amide bonds. The zero-order valence-corrected chi connectivity index (χ0v) is 13.1. The molecule has 0 aliphatic heterocycles. The minimum atomic E-state index is -2.16. The second-order valence-corrected chi connectivity index (χ2v) is 5.80. The lowest BCUT2D eigenvalue weighted by atomic mass is 9.79. The molecule has 0 bridgehead atoms. The molecular weight excluding hydrogens is 340 g/mol. The number of carbonyl (C=O) groups is 2. The van der Waals surface area contributed by atoms with Gasteiger partial charge in [-0.1, -0.05) is 0 Å². The number of phenols is 3. The summed E-state index contributed by atoms with van der Waals surface area (Å²) >= 11 is 0. The highest BCUT2D eigenvalue weighted by Gasteiger charge is 2.51. The van der Waals surface area contributed by atoms with Crippen LogP contribution >= 0.6 is 0 Å². The highest BCUT2D eigenvalue weighted by atomic mass is 16.6. The summed E-state index contributed by atoms with van der Waals surface area (Å²) in [5, 5.41) is 58.1. The fourth-order valence-corrected chi connectivity index (χ4v) is 2.65. The zero-order valence-electron chi connectivity index (χ0n) is 13.1. The van der Waals surface area contributed by atoms with Gasteiger partial charge in [0.15, 0.2) is 22.8 Å². The average molecular weight is 358 g/mol. The number of ether oxygens (including phenoxy) is 2. The lowest BCUT2D eigenvalue weighted by Crippen LogP contribution is -2.57. The van der Waals surface area contributed by atoms with Crippen LogP contribution in [0.25, 0.3) is 0 Å². The van der Waals surface area contributed by atoms with Crippen molar-refractivity contribution in [2.24, 2.45) is 0 Å². The number of hydrogen-bond acceptors (Lipinski definition) is 10. The van der Waals surface area contributed by atoms with E-state index in [9.17, 15) is 40.2 Å². The van der Waals surface area contributed by atoms with Crippen LogP contribution in [0.2, 0.25) is 0 Å². The fourth-order valence-electron chi connectivity index (χ4n) is 2.65. The van der Waals surface area contributed by atoms with Crippen molar-refractivity contribution >= 4 is 11.9 Å². The van der Waals surface area contributed by atoms with Crippen LogP contribution in [-0.4, -0.2) is 73.6 Å². The van der Waals surface area contributed by atoms with Gasteiger partial charge in [0.1, 0.15) is 12.2 Å². The van der Waals surface area contributed by atoms with Gasteiger partial charge in [0.2, 0.25) is 0 Å². The van der Waals surface area contributed by atoms with E-state index in [1.165, 1.54) is 0 Å². The standard InChI is InChI=1S/C15H18O10/c1-24-14(22)15(23)4-9(18)12(20)10(5-15)25-13(21)6-2-7(16)11(19)8(17)3-6/h2-3,9-10,12,16-20,23H,4-5H2,1H3. The van der Waals surface area contributed by atoms with Crippen LogP contribution in [0.1, 0.15) is 23.2 Å². The van der Waals surface area contributed by atoms with E-state index in [1.54, 1.807) is 0 Å². The number of phenolic OH excluding ortho intramolecular Hbond substituents is 3. The lowest BCUT2D eigenvalue weighted by Gasteiger charge is -2.39. The van der Waals surface area contributed by atoms with Crippen molar-refractivity contribution in [1.29, 1.82) is 0 Å². The van der Waals surface area contributed by atoms with Crippen molar-refractivity contribution in [3.63, 3.8) is 0 Å². The normalized spacial score (nSPS) is 29.0. The smallest absolute Gasteiger partial charge is 0.338 e. The average Bonchev–Trinajstić information content (AvgIpc) is 2.55. The molecule has 1 aromatic carbocycles. The predicted octanol–water partition coefficient (Wildman–Crippen LogP) is -1.25. The molecule has 0 radical (unpaired) electrons. The van der Waals surface area contributed by atoms with Gasteiger partial charge in [0, 0.05) is 12.8 Å². The molecule has 10 heteroatoms. The molecule has 138 valence electrons. The van der Waals surface area contributed by atoms with Gasteiger partial charge >= 0.3 is 11.9 Å². The minimum absolute atomic E-state index is 0.360. The van der Waals surface area contributed by atoms with Crippen molar-refractivity contribution < 1.29 is 49.7 Å². The van der Waals surface area contributed by atoms with E-state index in [0.29, 0.717) is 0 Å². The first-order chi connectivity index (χ1) is 11.6. The molecule has 4 atom stereocenters. The molecule has 0 saturated heterocycles. The Morgan fingerprint density at radius 2 is 1.68 bits per heavy atom. The van der Waals surface area contributed by atoms with E-state index in [2.05, 4.69) is 4.74 Å². The number of carbonyl (C=O) groups excluding carboxylic acids is 2. The molecule has 6 N–H and O–H groups in total. The Hall–Kier alpha value is -2.56. The fraction of sp³-hybridized carbons (Fsp3) is 0.467. The minimum Gasteiger partial charge on any atom is -0.504 e. The summed E-state index contributed by atoms with van der Waals surface area (Å²) in [6, 6.07) is 1.63. The lowest BCUT2D eigenvalue weighted by molar-refractivity contribution is -0.190. The number of aliphatic hydroxyl groups excluding tert-OH is 2. The maximum Gasteiger partial charge on any atom is 0.338 e. The van der Waals surface area contributed by atoms with Gasteiger partial charge in [0.25, 0.3) is 0 Å². The molecule has 2 rings (SSSR count). The second kappa shape index (κ2) is 6.75. The summed E-state index contributed by atoms with van der Waals surface area (Å²) < 4.78 is 9.42. The van der Waals surface area contributed by atoms with Crippen LogP contribution < -0.4 is 0 Å². The van der Waals surface area contributed by atoms with Gasteiger partial charge in [-0.25, -0.2) is 9.59 Å². The molecule has 0 spiro atoms. The van der Waals surface area contributed by atoms with Gasteiger partial charge in [-0.05, 0) is 12.1 Å². The molecule has 0 aromatic heterocycles. The first kappa shape index (κ1) is 18.8. The Balaban J connectivity index is 2.22. The highest BCUT2D eigenvalue weighted by Crippen LogP contribution is 2.36. The van der Waals surface area contributed by atoms with Crippen LogP contribution in [0.5, 0.6) is 17.2 Å². The molecule has 1 aliphatic carbocycles. The van der Waals surface area contributed by atoms with Crippen molar-refractivity contribution in [1.82, 2.24) is 0 Å². The molecule has 1 aliphatic rings. The Kier molecular flexibility index (Phi) is 5.07. The SMILES string of the molecule is COC(=O)C1(O)CC(O)C(O)C(OC(=O)c2cc(O)c(O)c(O)c2)C1. The van der Waals surface area contributed by atoms with Crippen LogP contribution in [0.4, 0.5) is 0 Å². The van der Waals surface area contributed by atoms with Gasteiger partial charge < -0.3 is 40.1 Å². The van der Waals surface area contributed by atoms with E-state index < -0.39 is 65.9 Å². The van der Waals surface area contributed by atoms with Gasteiger partial charge in [0.05, 0.1) is 18.8 Å². The first-order valence-electron chi connectivity index (χ1n) is 7.22. The van der Waals surface area contributed by atoms with Crippen LogP contribution in [-0.2, 0) is 14.3 Å². The van der Waals surface area contributed by atoms with E-state index >= 15 is 0 Å². The van der Waals surface area contributed by atoms with Gasteiger partial charge in [-0.3, -0.25) is 0 Å². The summed E-state index contributed by atoms with van der Waals surface area (Å²) in [6.07, 6.45) is -5.63. The number of rotatable bonds is 3. The van der Waals surface area contributed by atoms with Crippen LogP contribution in [0.3, 0.4) is 0 Å². The highest BCUT2D eigenvalue weighted by molar-refractivity contribution is 5.91. The largest absolute Gasteiger partial charge is 0.504 e. The summed E-state index contributed by atoms with van der Waals surface area (Å²) in [5.74, 6) is -4.57. The van der Waals surface area contributed by atoms with Crippen LogP contribution in [0, 0.1) is 0 Å². The van der Waals surface area contributed by atoms with E-state index in [0.717, 1.165) is 19.2 Å². The molecule has 25 heavy (non-hydrogen) atoms. The summed E-state index contributed by atoms with van der Waals surface area (Å²) in [5.41, 5.74) is -2.51. The summed E-state index contributed by atoms with van der Waals surface area (Å²) in [7, 11) is 1.03. The van der Waals surface area contributed by atoms with Crippen molar-refractivity contribution in [2.45, 2.75) is 36.8 Å². The zero-order chi connectivity index (χ0) is 18.9. The number of esters is 2. The Labute approximate surface area is 141 Å². The van der Waals surface area contributed by atoms with Crippen molar-refractivity contribution in [3.05, 3.63) is 17.7 Å². The van der Waals surface area contributed by atoms with E-state index in [1.807, 2.05) is 0 Å². The maximum atomic E-state index is 12.1. The molecule has 1 aromatic rings. The molecule has 1 fully saturated rings. The van der Waals surface area contributed by atoms with E-state index in [-0.39, 0.29) is 5.56 Å². The Bertz CT molecular complexity index is 664. The first-order valence-corrected chi connectivity index (χ1v) is 7.22. The van der Waals surface area contributed by atoms with E-state index in [4.69, 9.17) is 4.74 Å². The Morgan fingerprint density at radius 1 is 1.12 bits per heavy atom. The summed E-state index contributed by atoms with van der Waals surface area (Å²) in [4.78, 5) is 23.8. The molecule has 1 saturated carbocycles. The second-order valence-electron chi connectivity index (χ2n) is 5.80. The van der Waals surface area contributed by atoms with Crippen LogP contribution in [0.15, 0.2) is 12.1 Å².